The summed E-state index contributed by atoms with van der Waals surface area (Å²) in [6.45, 7) is 2.34. The van der Waals surface area contributed by atoms with Gasteiger partial charge in [-0.3, -0.25) is 0 Å². The van der Waals surface area contributed by atoms with Crippen LogP contribution in [0, 0.1) is 6.92 Å². The quantitative estimate of drug-likeness (QED) is 0.923. The molecule has 1 unspecified atom stereocenters. The molecule has 1 aromatic carbocycles. The van der Waals surface area contributed by atoms with E-state index < -0.39 is 0 Å². The van der Waals surface area contributed by atoms with Gasteiger partial charge in [-0.2, -0.15) is 0 Å². The van der Waals surface area contributed by atoms with E-state index in [1.54, 1.807) is 11.3 Å². The molecule has 0 aliphatic carbocycles. The summed E-state index contributed by atoms with van der Waals surface area (Å²) in [5, 5.41) is 1.07. The van der Waals surface area contributed by atoms with Gasteiger partial charge in [0.1, 0.15) is 0 Å². The van der Waals surface area contributed by atoms with E-state index in [2.05, 4.69) is 4.98 Å². The van der Waals surface area contributed by atoms with Crippen LogP contribution in [0.25, 0.3) is 0 Å². The van der Waals surface area contributed by atoms with Crippen LogP contribution in [0.2, 0.25) is 0 Å². The lowest BCUT2D eigenvalue weighted by Gasteiger charge is -2.10. The molecule has 0 saturated heterocycles. The van der Waals surface area contributed by atoms with Gasteiger partial charge in [0, 0.05) is 23.5 Å². The third-order valence-electron chi connectivity index (χ3n) is 2.89. The second kappa shape index (κ2) is 4.59. The third-order valence-corrected chi connectivity index (χ3v) is 3.82. The molecule has 0 saturated carbocycles. The summed E-state index contributed by atoms with van der Waals surface area (Å²) in [7, 11) is 0. The predicted octanol–water partition coefficient (Wildman–Crippen LogP) is 2.42. The second-order valence-electron chi connectivity index (χ2n) is 4.29. The van der Waals surface area contributed by atoms with Crippen LogP contribution in [-0.2, 0) is 6.42 Å². The van der Waals surface area contributed by atoms with Gasteiger partial charge in [0.2, 0.25) is 6.79 Å². The van der Waals surface area contributed by atoms with E-state index in [0.29, 0.717) is 6.79 Å². The molecule has 2 N–H and O–H groups in total. The van der Waals surface area contributed by atoms with Crippen molar-refractivity contribution in [1.82, 2.24) is 4.98 Å². The summed E-state index contributed by atoms with van der Waals surface area (Å²) in [5.74, 6) is 1.56. The number of nitrogens with zero attached hydrogens (tertiary/aromatic N) is 1. The highest BCUT2D eigenvalue weighted by molar-refractivity contribution is 7.11. The van der Waals surface area contributed by atoms with E-state index in [4.69, 9.17) is 15.2 Å². The second-order valence-corrected chi connectivity index (χ2v) is 5.61. The van der Waals surface area contributed by atoms with Gasteiger partial charge in [0.25, 0.3) is 0 Å². The summed E-state index contributed by atoms with van der Waals surface area (Å²) in [6, 6.07) is 5.78. The summed E-state index contributed by atoms with van der Waals surface area (Å²) >= 11 is 1.69. The van der Waals surface area contributed by atoms with Crippen LogP contribution >= 0.6 is 11.3 Å². The highest BCUT2D eigenvalue weighted by atomic mass is 32.1. The smallest absolute Gasteiger partial charge is 0.231 e. The summed E-state index contributed by atoms with van der Waals surface area (Å²) in [6.07, 6.45) is 2.63. The van der Waals surface area contributed by atoms with E-state index in [0.717, 1.165) is 28.5 Å². The Morgan fingerprint density at radius 3 is 3.00 bits per heavy atom. The minimum Gasteiger partial charge on any atom is -0.454 e. The average Bonchev–Trinajstić information content (AvgIpc) is 2.96. The van der Waals surface area contributed by atoms with Gasteiger partial charge in [-0.1, -0.05) is 6.07 Å². The zero-order chi connectivity index (χ0) is 12.5. The van der Waals surface area contributed by atoms with Crippen LogP contribution < -0.4 is 15.2 Å². The van der Waals surface area contributed by atoms with Gasteiger partial charge < -0.3 is 15.2 Å². The van der Waals surface area contributed by atoms with Crippen LogP contribution in [0.4, 0.5) is 0 Å². The Morgan fingerprint density at radius 2 is 2.22 bits per heavy atom. The van der Waals surface area contributed by atoms with Crippen LogP contribution in [0.3, 0.4) is 0 Å². The Kier molecular flexibility index (Phi) is 2.93. The number of hydrogen-bond acceptors (Lipinski definition) is 5. The van der Waals surface area contributed by atoms with Gasteiger partial charge in [0.15, 0.2) is 11.5 Å². The van der Waals surface area contributed by atoms with E-state index in [1.165, 1.54) is 4.88 Å². The molecule has 1 aromatic heterocycles. The van der Waals surface area contributed by atoms with Crippen molar-refractivity contribution in [1.29, 1.82) is 0 Å². The maximum atomic E-state index is 6.20. The zero-order valence-electron chi connectivity index (χ0n) is 10.1. The van der Waals surface area contributed by atoms with Gasteiger partial charge in [-0.25, -0.2) is 4.98 Å². The highest BCUT2D eigenvalue weighted by Gasteiger charge is 2.16. The number of thiazole rings is 1. The largest absolute Gasteiger partial charge is 0.454 e. The molecule has 2 aromatic rings. The molecule has 4 nitrogen and oxygen atoms in total. The summed E-state index contributed by atoms with van der Waals surface area (Å²) in [5.41, 5.74) is 7.25. The summed E-state index contributed by atoms with van der Waals surface area (Å²) in [4.78, 5) is 5.55. The normalized spacial score (nSPS) is 14.8. The molecule has 0 spiro atoms. The number of ether oxygens (including phenoxy) is 2. The fourth-order valence-electron chi connectivity index (χ4n) is 1.95. The van der Waals surface area contributed by atoms with Crippen LogP contribution in [0.1, 0.15) is 21.5 Å². The van der Waals surface area contributed by atoms with Gasteiger partial charge in [-0.05, 0) is 24.6 Å². The number of benzene rings is 1. The van der Waals surface area contributed by atoms with Crippen molar-refractivity contribution in [3.05, 3.63) is 39.8 Å². The van der Waals surface area contributed by atoms with Gasteiger partial charge in [-0.15, -0.1) is 11.3 Å². The first-order valence-electron chi connectivity index (χ1n) is 5.79. The van der Waals surface area contributed by atoms with E-state index >= 15 is 0 Å². The SMILES string of the molecule is Cc1cnc(CC(N)c2ccc3c(c2)OCO3)s1. The molecule has 3 rings (SSSR count). The van der Waals surface area contributed by atoms with Crippen molar-refractivity contribution in [2.45, 2.75) is 19.4 Å². The molecule has 5 heteroatoms. The minimum atomic E-state index is -0.0648. The first-order chi connectivity index (χ1) is 8.72. The first-order valence-corrected chi connectivity index (χ1v) is 6.60. The molecule has 1 aliphatic heterocycles. The van der Waals surface area contributed by atoms with Crippen molar-refractivity contribution in [2.24, 2.45) is 5.73 Å². The Labute approximate surface area is 109 Å². The van der Waals surface area contributed by atoms with E-state index in [9.17, 15) is 0 Å². The standard InChI is InChI=1S/C13H14N2O2S/c1-8-6-15-13(18-8)5-10(14)9-2-3-11-12(4-9)17-7-16-11/h2-4,6,10H,5,7,14H2,1H3. The zero-order valence-corrected chi connectivity index (χ0v) is 10.9. The Hall–Kier alpha value is -1.59. The minimum absolute atomic E-state index is 0.0648. The monoisotopic (exact) mass is 262 g/mol. The van der Waals surface area contributed by atoms with Crippen molar-refractivity contribution >= 4 is 11.3 Å². The Bertz CT molecular complexity index is 568. The molecular weight excluding hydrogens is 248 g/mol. The maximum Gasteiger partial charge on any atom is 0.231 e. The highest BCUT2D eigenvalue weighted by Crippen LogP contribution is 2.34. The van der Waals surface area contributed by atoms with Gasteiger partial charge in [0.05, 0.1) is 5.01 Å². The Balaban J connectivity index is 1.78. The lowest BCUT2D eigenvalue weighted by atomic mass is 10.0. The number of fused-ring (bicyclic) bond motifs is 1. The van der Waals surface area contributed by atoms with Gasteiger partial charge >= 0.3 is 0 Å². The van der Waals surface area contributed by atoms with Crippen LogP contribution in [-0.4, -0.2) is 11.8 Å². The molecule has 0 fully saturated rings. The molecule has 94 valence electrons. The van der Waals surface area contributed by atoms with Crippen LogP contribution in [0.5, 0.6) is 11.5 Å². The Morgan fingerprint density at radius 1 is 1.39 bits per heavy atom. The third kappa shape index (κ3) is 2.19. The number of hydrogen-bond donors (Lipinski definition) is 1. The number of rotatable bonds is 3. The van der Waals surface area contributed by atoms with E-state index in [1.807, 2.05) is 31.3 Å². The fourth-order valence-corrected chi connectivity index (χ4v) is 2.79. The molecule has 0 bridgehead atoms. The van der Waals surface area contributed by atoms with Crippen molar-refractivity contribution < 1.29 is 9.47 Å². The molecule has 2 heterocycles. The lowest BCUT2D eigenvalue weighted by Crippen LogP contribution is -2.13. The first kappa shape index (κ1) is 11.5. The maximum absolute atomic E-state index is 6.20. The number of aromatic nitrogens is 1. The van der Waals surface area contributed by atoms with E-state index in [-0.39, 0.29) is 6.04 Å². The fraction of sp³-hybridized carbons (Fsp3) is 0.308. The predicted molar refractivity (Wildman–Crippen MR) is 70.0 cm³/mol. The molecular formula is C13H14N2O2S. The number of nitrogens with two attached hydrogens (primary N) is 1. The van der Waals surface area contributed by atoms with Crippen LogP contribution in [0.15, 0.2) is 24.4 Å². The molecule has 0 amide bonds. The molecule has 0 radical (unpaired) electrons. The average molecular weight is 262 g/mol. The topological polar surface area (TPSA) is 57.4 Å². The molecule has 1 atom stereocenters. The molecule has 18 heavy (non-hydrogen) atoms. The summed E-state index contributed by atoms with van der Waals surface area (Å²) < 4.78 is 10.6. The molecule has 1 aliphatic rings. The van der Waals surface area contributed by atoms with Crippen molar-refractivity contribution in [3.63, 3.8) is 0 Å². The number of aryl methyl sites for hydroxylation is 1. The lowest BCUT2D eigenvalue weighted by molar-refractivity contribution is 0.174. The van der Waals surface area contributed by atoms with Crippen molar-refractivity contribution in [2.75, 3.05) is 6.79 Å². The van der Waals surface area contributed by atoms with Crippen molar-refractivity contribution in [3.8, 4) is 11.5 Å².